The van der Waals surface area contributed by atoms with E-state index in [4.69, 9.17) is 9.47 Å². The number of aromatic nitrogens is 2. The van der Waals surface area contributed by atoms with Gasteiger partial charge in [-0.25, -0.2) is 9.59 Å². The van der Waals surface area contributed by atoms with Gasteiger partial charge in [0.05, 0.1) is 25.6 Å². The van der Waals surface area contributed by atoms with Crippen molar-refractivity contribution in [2.75, 3.05) is 71.4 Å². The molecule has 0 radical (unpaired) electrons. The number of hydrogen-bond acceptors (Lipinski definition) is 8. The van der Waals surface area contributed by atoms with Crippen molar-refractivity contribution in [3.63, 3.8) is 0 Å². The molecule has 2 amide bonds. The van der Waals surface area contributed by atoms with Crippen LogP contribution in [0.5, 0.6) is 0 Å². The number of carbonyl (C=O) groups is 2. The van der Waals surface area contributed by atoms with Gasteiger partial charge in [0.2, 0.25) is 5.91 Å². The molecule has 1 aliphatic carbocycles. The van der Waals surface area contributed by atoms with Gasteiger partial charge in [-0.1, -0.05) is 11.8 Å². The zero-order chi connectivity index (χ0) is 23.9. The molecule has 2 fully saturated rings. The minimum absolute atomic E-state index is 0.0109. The summed E-state index contributed by atoms with van der Waals surface area (Å²) in [5.74, 6) is 0.260. The Balaban J connectivity index is 1.31. The van der Waals surface area contributed by atoms with Gasteiger partial charge in [0.1, 0.15) is 5.03 Å². The maximum Gasteiger partial charge on any atom is 0.409 e. The van der Waals surface area contributed by atoms with Crippen LogP contribution in [0.1, 0.15) is 31.0 Å². The molecule has 1 aromatic rings. The van der Waals surface area contributed by atoms with Gasteiger partial charge in [0.25, 0.3) is 0 Å². The van der Waals surface area contributed by atoms with Crippen LogP contribution in [0.3, 0.4) is 0 Å². The van der Waals surface area contributed by atoms with E-state index in [9.17, 15) is 14.4 Å². The Hall–Kier alpha value is -2.11. The average molecular weight is 494 g/mol. The second-order valence-corrected chi connectivity index (χ2v) is 9.76. The van der Waals surface area contributed by atoms with E-state index >= 15 is 0 Å². The average Bonchev–Trinajstić information content (AvgIpc) is 3.35. The third kappa shape index (κ3) is 6.11. The Labute approximate surface area is 204 Å². The Morgan fingerprint density at radius 3 is 2.50 bits per heavy atom. The lowest BCUT2D eigenvalue weighted by molar-refractivity contribution is -0.129. The van der Waals surface area contributed by atoms with Crippen LogP contribution in [0, 0.1) is 0 Å². The summed E-state index contributed by atoms with van der Waals surface area (Å²) in [6.45, 7) is 9.17. The van der Waals surface area contributed by atoms with Crippen LogP contribution in [0.25, 0.3) is 0 Å². The molecule has 11 heteroatoms. The molecule has 188 valence electrons. The fraction of sp³-hybridized carbons (Fsp3) is 0.739. The first-order valence-corrected chi connectivity index (χ1v) is 13.3. The van der Waals surface area contributed by atoms with Gasteiger partial charge < -0.3 is 19.3 Å². The molecule has 0 spiro atoms. The first-order valence-electron chi connectivity index (χ1n) is 12.3. The molecule has 0 unspecified atom stereocenters. The molecule has 10 nitrogen and oxygen atoms in total. The zero-order valence-electron chi connectivity index (χ0n) is 20.0. The molecule has 2 saturated heterocycles. The molecule has 3 aliphatic rings. The number of carbonyl (C=O) groups excluding carboxylic acids is 2. The second-order valence-electron chi connectivity index (χ2n) is 8.79. The van der Waals surface area contributed by atoms with E-state index in [1.807, 2.05) is 4.57 Å². The SMILES string of the molecule is CCOC(=O)N1CCN(C(=O)CSc2nc(=O)n(CCCN3CCOCC3)c3c2CCC3)CC1. The van der Waals surface area contributed by atoms with Gasteiger partial charge in [-0.3, -0.25) is 14.3 Å². The maximum atomic E-state index is 12.8. The number of hydrogen-bond donors (Lipinski definition) is 0. The first kappa shape index (κ1) is 25.0. The molecule has 4 rings (SSSR count). The highest BCUT2D eigenvalue weighted by atomic mass is 32.2. The van der Waals surface area contributed by atoms with E-state index in [2.05, 4.69) is 9.88 Å². The Morgan fingerprint density at radius 1 is 1.03 bits per heavy atom. The first-order chi connectivity index (χ1) is 16.6. The van der Waals surface area contributed by atoms with Crippen LogP contribution in [-0.2, 0) is 33.7 Å². The van der Waals surface area contributed by atoms with Crippen molar-refractivity contribution in [2.45, 2.75) is 44.2 Å². The summed E-state index contributed by atoms with van der Waals surface area (Å²) in [6, 6.07) is 0. The summed E-state index contributed by atoms with van der Waals surface area (Å²) >= 11 is 1.37. The largest absolute Gasteiger partial charge is 0.450 e. The van der Waals surface area contributed by atoms with Crippen molar-refractivity contribution in [3.8, 4) is 0 Å². The van der Waals surface area contributed by atoms with Crippen LogP contribution in [0.15, 0.2) is 9.82 Å². The number of amides is 2. The predicted octanol–water partition coefficient (Wildman–Crippen LogP) is 0.847. The lowest BCUT2D eigenvalue weighted by atomic mass is 10.2. The fourth-order valence-electron chi connectivity index (χ4n) is 4.79. The van der Waals surface area contributed by atoms with Gasteiger partial charge in [0.15, 0.2) is 0 Å². The summed E-state index contributed by atoms with van der Waals surface area (Å²) in [5.41, 5.74) is 2.02. The van der Waals surface area contributed by atoms with Crippen molar-refractivity contribution in [3.05, 3.63) is 21.7 Å². The van der Waals surface area contributed by atoms with Gasteiger partial charge in [-0.2, -0.15) is 4.98 Å². The number of piperazine rings is 1. The monoisotopic (exact) mass is 493 g/mol. The third-order valence-corrected chi connectivity index (χ3v) is 7.65. The Morgan fingerprint density at radius 2 is 1.76 bits per heavy atom. The maximum absolute atomic E-state index is 12.8. The topological polar surface area (TPSA) is 97.2 Å². The number of thioether (sulfide) groups is 1. The van der Waals surface area contributed by atoms with Gasteiger partial charge >= 0.3 is 11.8 Å². The highest BCUT2D eigenvalue weighted by molar-refractivity contribution is 7.99. The van der Waals surface area contributed by atoms with E-state index in [1.165, 1.54) is 11.8 Å². The molecular weight excluding hydrogens is 458 g/mol. The van der Waals surface area contributed by atoms with Crippen molar-refractivity contribution in [1.29, 1.82) is 0 Å². The summed E-state index contributed by atoms with van der Waals surface area (Å²) in [5, 5.41) is 0.709. The highest BCUT2D eigenvalue weighted by Gasteiger charge is 2.26. The van der Waals surface area contributed by atoms with Crippen molar-refractivity contribution >= 4 is 23.8 Å². The summed E-state index contributed by atoms with van der Waals surface area (Å²) in [6.07, 6.45) is 3.40. The van der Waals surface area contributed by atoms with Crippen LogP contribution >= 0.6 is 11.8 Å². The summed E-state index contributed by atoms with van der Waals surface area (Å²) in [4.78, 5) is 47.6. The van der Waals surface area contributed by atoms with Gasteiger partial charge in [-0.05, 0) is 32.6 Å². The molecule has 0 aromatic carbocycles. The van der Waals surface area contributed by atoms with E-state index in [1.54, 1.807) is 16.7 Å². The minimum Gasteiger partial charge on any atom is -0.450 e. The van der Waals surface area contributed by atoms with Crippen LogP contribution in [0.4, 0.5) is 4.79 Å². The van der Waals surface area contributed by atoms with Crippen molar-refractivity contribution < 1.29 is 19.1 Å². The van der Waals surface area contributed by atoms with Crippen molar-refractivity contribution in [1.82, 2.24) is 24.3 Å². The van der Waals surface area contributed by atoms with E-state index < -0.39 is 0 Å². The molecule has 34 heavy (non-hydrogen) atoms. The Kier molecular flexibility index (Phi) is 8.85. The molecule has 0 atom stereocenters. The fourth-order valence-corrected chi connectivity index (χ4v) is 5.77. The van der Waals surface area contributed by atoms with E-state index in [0.717, 1.165) is 69.8 Å². The molecule has 0 bridgehead atoms. The van der Waals surface area contributed by atoms with Crippen molar-refractivity contribution in [2.24, 2.45) is 0 Å². The normalized spacial score (nSPS) is 18.7. The number of ether oxygens (including phenoxy) is 2. The van der Waals surface area contributed by atoms with Gasteiger partial charge in [-0.15, -0.1) is 0 Å². The molecule has 0 N–H and O–H groups in total. The van der Waals surface area contributed by atoms with E-state index in [0.29, 0.717) is 44.4 Å². The lowest BCUT2D eigenvalue weighted by Crippen LogP contribution is -2.51. The second kappa shape index (κ2) is 12.0. The van der Waals surface area contributed by atoms with Crippen LogP contribution in [-0.4, -0.2) is 108 Å². The number of nitrogens with zero attached hydrogens (tertiary/aromatic N) is 5. The smallest absolute Gasteiger partial charge is 0.409 e. The highest BCUT2D eigenvalue weighted by Crippen LogP contribution is 2.29. The standard InChI is InChI=1S/C23H35N5O5S/c1-2-33-23(31)27-11-9-26(10-12-27)20(29)17-34-21-18-5-3-6-19(18)28(22(30)24-21)8-4-7-25-13-15-32-16-14-25/h2-17H2,1H3. The quantitative estimate of drug-likeness (QED) is 0.388. The summed E-state index contributed by atoms with van der Waals surface area (Å²) in [7, 11) is 0. The van der Waals surface area contributed by atoms with E-state index in [-0.39, 0.29) is 23.4 Å². The number of morpholine rings is 1. The molecule has 0 saturated carbocycles. The molecular formula is C23H35N5O5S. The van der Waals surface area contributed by atoms with Crippen LogP contribution in [0.2, 0.25) is 0 Å². The molecule has 2 aliphatic heterocycles. The Bertz CT molecular complexity index is 925. The number of rotatable bonds is 8. The predicted molar refractivity (Wildman–Crippen MR) is 128 cm³/mol. The van der Waals surface area contributed by atoms with Gasteiger partial charge in [0, 0.05) is 63.6 Å². The summed E-state index contributed by atoms with van der Waals surface area (Å²) < 4.78 is 12.3. The minimum atomic E-state index is -0.325. The lowest BCUT2D eigenvalue weighted by Gasteiger charge is -2.34. The number of fused-ring (bicyclic) bond motifs is 1. The molecule has 3 heterocycles. The molecule has 1 aromatic heterocycles. The van der Waals surface area contributed by atoms with Crippen LogP contribution < -0.4 is 5.69 Å². The third-order valence-electron chi connectivity index (χ3n) is 6.65. The zero-order valence-corrected chi connectivity index (χ0v) is 20.8.